The molecule has 1 amide bonds. The Morgan fingerprint density at radius 1 is 1.33 bits per heavy atom. The quantitative estimate of drug-likeness (QED) is 0.838. The van der Waals surface area contributed by atoms with Crippen LogP contribution in [0.5, 0.6) is 5.75 Å². The molecule has 0 aromatic heterocycles. The summed E-state index contributed by atoms with van der Waals surface area (Å²) >= 11 is 0. The maximum absolute atomic E-state index is 12.0. The lowest BCUT2D eigenvalue weighted by Gasteiger charge is -2.23. The second kappa shape index (κ2) is 7.11. The third-order valence-electron chi connectivity index (χ3n) is 3.28. The van der Waals surface area contributed by atoms with E-state index in [1.165, 1.54) is 4.90 Å². The monoisotopic (exact) mass is 293 g/mol. The van der Waals surface area contributed by atoms with Gasteiger partial charge in [0.25, 0.3) is 0 Å². The predicted molar refractivity (Wildman–Crippen MR) is 80.3 cm³/mol. The Bertz CT molecular complexity index is 511. The highest BCUT2D eigenvalue weighted by molar-refractivity contribution is 5.84. The fourth-order valence-corrected chi connectivity index (χ4v) is 1.72. The number of likely N-dealkylation sites (N-methyl/N-ethyl adjacent to an activating group) is 1. The summed E-state index contributed by atoms with van der Waals surface area (Å²) in [5, 5.41) is 9.03. The molecule has 21 heavy (non-hydrogen) atoms. The minimum Gasteiger partial charge on any atom is -0.492 e. The van der Waals surface area contributed by atoms with Crippen LogP contribution in [0.4, 0.5) is 0 Å². The lowest BCUT2D eigenvalue weighted by molar-refractivity contribution is -0.151. The van der Waals surface area contributed by atoms with Gasteiger partial charge in [-0.05, 0) is 38.5 Å². The van der Waals surface area contributed by atoms with Gasteiger partial charge in [0, 0.05) is 13.5 Å². The number of benzene rings is 1. The lowest BCUT2D eigenvalue weighted by Crippen LogP contribution is -2.36. The van der Waals surface area contributed by atoms with Gasteiger partial charge in [-0.15, -0.1) is 0 Å². The van der Waals surface area contributed by atoms with Crippen LogP contribution < -0.4 is 4.74 Å². The van der Waals surface area contributed by atoms with Crippen LogP contribution in [-0.4, -0.2) is 42.1 Å². The topological polar surface area (TPSA) is 66.8 Å². The van der Waals surface area contributed by atoms with Crippen LogP contribution in [0.3, 0.4) is 0 Å². The molecule has 0 atom stereocenters. The van der Waals surface area contributed by atoms with Crippen molar-refractivity contribution in [3.63, 3.8) is 0 Å². The summed E-state index contributed by atoms with van der Waals surface area (Å²) in [7, 11) is 1.65. The molecule has 1 rings (SSSR count). The number of amides is 1. The van der Waals surface area contributed by atoms with Gasteiger partial charge in [-0.25, -0.2) is 0 Å². The van der Waals surface area contributed by atoms with Gasteiger partial charge in [0.15, 0.2) is 0 Å². The summed E-state index contributed by atoms with van der Waals surface area (Å²) in [5.74, 6) is -0.405. The van der Waals surface area contributed by atoms with E-state index in [0.29, 0.717) is 13.2 Å². The molecule has 0 heterocycles. The summed E-state index contributed by atoms with van der Waals surface area (Å²) in [5.41, 5.74) is 0.0584. The second-order valence-electron chi connectivity index (χ2n) is 5.85. The van der Waals surface area contributed by atoms with Crippen molar-refractivity contribution in [3.05, 3.63) is 29.8 Å². The predicted octanol–water partition coefficient (Wildman–Crippen LogP) is 2.33. The van der Waals surface area contributed by atoms with E-state index in [9.17, 15) is 9.59 Å². The molecule has 0 unspecified atom stereocenters. The molecule has 0 aliphatic carbocycles. The van der Waals surface area contributed by atoms with Gasteiger partial charge in [0.05, 0.1) is 12.0 Å². The highest BCUT2D eigenvalue weighted by atomic mass is 16.5. The number of hydrogen-bond acceptors (Lipinski definition) is 3. The molecule has 0 aliphatic heterocycles. The summed E-state index contributed by atoms with van der Waals surface area (Å²) in [4.78, 5) is 24.5. The van der Waals surface area contributed by atoms with Gasteiger partial charge in [-0.1, -0.05) is 12.1 Å². The summed E-state index contributed by atoms with van der Waals surface area (Å²) in [6.07, 6.45) is -0.0245. The lowest BCUT2D eigenvalue weighted by atomic mass is 9.89. The molecule has 5 heteroatoms. The smallest absolute Gasteiger partial charge is 0.309 e. The van der Waals surface area contributed by atoms with Gasteiger partial charge in [0.2, 0.25) is 5.91 Å². The van der Waals surface area contributed by atoms with Gasteiger partial charge >= 0.3 is 5.97 Å². The van der Waals surface area contributed by atoms with Crippen LogP contribution in [-0.2, 0) is 9.59 Å². The molecular weight excluding hydrogens is 270 g/mol. The highest BCUT2D eigenvalue weighted by Crippen LogP contribution is 2.21. The van der Waals surface area contributed by atoms with Crippen LogP contribution in [0.15, 0.2) is 24.3 Å². The van der Waals surface area contributed by atoms with Crippen molar-refractivity contribution in [2.75, 3.05) is 20.2 Å². The van der Waals surface area contributed by atoms with E-state index in [-0.39, 0.29) is 12.3 Å². The van der Waals surface area contributed by atoms with Crippen LogP contribution in [0.25, 0.3) is 0 Å². The van der Waals surface area contributed by atoms with Gasteiger partial charge < -0.3 is 14.7 Å². The molecule has 0 fully saturated rings. The van der Waals surface area contributed by atoms with Crippen LogP contribution >= 0.6 is 0 Å². The molecule has 0 saturated carbocycles. The first-order chi connectivity index (χ1) is 9.72. The Balaban J connectivity index is 2.41. The molecule has 5 nitrogen and oxygen atoms in total. The number of aliphatic carboxylic acids is 1. The number of ether oxygens (including phenoxy) is 1. The summed E-state index contributed by atoms with van der Waals surface area (Å²) in [6, 6.07) is 7.68. The van der Waals surface area contributed by atoms with Gasteiger partial charge in [-0.2, -0.15) is 0 Å². The molecule has 116 valence electrons. The van der Waals surface area contributed by atoms with E-state index in [1.807, 2.05) is 31.2 Å². The molecule has 0 bridgehead atoms. The molecule has 1 aromatic rings. The number of nitrogens with zero attached hydrogens (tertiary/aromatic N) is 1. The molecular formula is C16H23NO4. The maximum Gasteiger partial charge on any atom is 0.309 e. The zero-order valence-electron chi connectivity index (χ0n) is 13.0. The first kappa shape index (κ1) is 17.0. The van der Waals surface area contributed by atoms with Crippen molar-refractivity contribution in [1.82, 2.24) is 4.90 Å². The third-order valence-corrected chi connectivity index (χ3v) is 3.28. The fourth-order valence-electron chi connectivity index (χ4n) is 1.72. The van der Waals surface area contributed by atoms with Crippen molar-refractivity contribution >= 4 is 11.9 Å². The number of aryl methyl sites for hydroxylation is 1. The minimum absolute atomic E-state index is 0.0245. The standard InChI is InChI=1S/C16H23NO4/c1-12-6-5-7-13(10-12)21-9-8-17(4)14(18)11-16(2,3)15(19)20/h5-7,10H,8-9,11H2,1-4H3,(H,19,20). The average molecular weight is 293 g/mol. The normalized spacial score (nSPS) is 11.0. The van der Waals surface area contributed by atoms with E-state index >= 15 is 0 Å². The Morgan fingerprint density at radius 3 is 2.57 bits per heavy atom. The van der Waals surface area contributed by atoms with Crippen molar-refractivity contribution in [3.8, 4) is 5.75 Å². The Kier molecular flexibility index (Phi) is 5.76. The van der Waals surface area contributed by atoms with Gasteiger partial charge in [-0.3, -0.25) is 9.59 Å². The number of carboxylic acids is 1. The first-order valence-corrected chi connectivity index (χ1v) is 6.89. The number of carbonyl (C=O) groups is 2. The number of rotatable bonds is 7. The molecule has 0 aliphatic rings. The SMILES string of the molecule is Cc1cccc(OCCN(C)C(=O)CC(C)(C)C(=O)O)c1. The van der Waals surface area contributed by atoms with Crippen molar-refractivity contribution in [2.24, 2.45) is 5.41 Å². The van der Waals surface area contributed by atoms with E-state index < -0.39 is 11.4 Å². The summed E-state index contributed by atoms with van der Waals surface area (Å²) in [6.45, 7) is 5.87. The highest BCUT2D eigenvalue weighted by Gasteiger charge is 2.31. The zero-order chi connectivity index (χ0) is 16.0. The zero-order valence-corrected chi connectivity index (χ0v) is 13.0. The van der Waals surface area contributed by atoms with Crippen LogP contribution in [0.2, 0.25) is 0 Å². The van der Waals surface area contributed by atoms with Crippen LogP contribution in [0.1, 0.15) is 25.8 Å². The molecule has 1 aromatic carbocycles. The van der Waals surface area contributed by atoms with Crippen molar-refractivity contribution in [1.29, 1.82) is 0 Å². The second-order valence-corrected chi connectivity index (χ2v) is 5.85. The number of carboxylic acid groups (broad SMARTS) is 1. The molecule has 0 radical (unpaired) electrons. The molecule has 0 saturated heterocycles. The van der Waals surface area contributed by atoms with E-state index in [1.54, 1.807) is 20.9 Å². The largest absolute Gasteiger partial charge is 0.492 e. The Labute approximate surface area is 125 Å². The molecule has 0 spiro atoms. The van der Waals surface area contributed by atoms with E-state index in [2.05, 4.69) is 0 Å². The van der Waals surface area contributed by atoms with Gasteiger partial charge in [0.1, 0.15) is 12.4 Å². The van der Waals surface area contributed by atoms with E-state index in [0.717, 1.165) is 11.3 Å². The van der Waals surface area contributed by atoms with Crippen LogP contribution in [0, 0.1) is 12.3 Å². The fraction of sp³-hybridized carbons (Fsp3) is 0.500. The number of hydrogen-bond donors (Lipinski definition) is 1. The Morgan fingerprint density at radius 2 is 2.00 bits per heavy atom. The number of carbonyl (C=O) groups excluding carboxylic acids is 1. The Hall–Kier alpha value is -2.04. The molecule has 1 N–H and O–H groups in total. The van der Waals surface area contributed by atoms with Crippen molar-refractivity contribution in [2.45, 2.75) is 27.2 Å². The van der Waals surface area contributed by atoms with Crippen molar-refractivity contribution < 1.29 is 19.4 Å². The maximum atomic E-state index is 12.0. The average Bonchev–Trinajstić information content (AvgIpc) is 2.37. The third kappa shape index (κ3) is 5.45. The first-order valence-electron chi connectivity index (χ1n) is 6.89. The van der Waals surface area contributed by atoms with E-state index in [4.69, 9.17) is 9.84 Å². The summed E-state index contributed by atoms with van der Waals surface area (Å²) < 4.78 is 5.58. The minimum atomic E-state index is -1.05.